The predicted octanol–water partition coefficient (Wildman–Crippen LogP) is 4.01. The number of rotatable bonds is 2. The number of allylic oxidation sites excluding steroid dienone is 1. The average Bonchev–Trinajstić information content (AvgIpc) is 2.94. The fraction of sp³-hybridized carbons (Fsp3) is 0.167. The van der Waals surface area contributed by atoms with E-state index in [0.29, 0.717) is 15.6 Å². The number of carbonyl (C=O) groups excluding carboxylic acids is 1. The molecule has 3 rings (SSSR count). The van der Waals surface area contributed by atoms with Gasteiger partial charge in [0.25, 0.3) is 5.91 Å². The van der Waals surface area contributed by atoms with E-state index in [1.54, 1.807) is 31.2 Å². The summed E-state index contributed by atoms with van der Waals surface area (Å²) in [5.74, 6) is -0.783. The average molecular weight is 427 g/mol. The number of aliphatic hydroxyl groups is 1. The van der Waals surface area contributed by atoms with Gasteiger partial charge in [0, 0.05) is 21.7 Å². The number of nitrogens with one attached hydrogen (secondary N) is 1. The van der Waals surface area contributed by atoms with Crippen LogP contribution in [0.25, 0.3) is 0 Å². The van der Waals surface area contributed by atoms with E-state index in [-0.39, 0.29) is 11.1 Å². The van der Waals surface area contributed by atoms with E-state index in [9.17, 15) is 23.1 Å². The topological polar surface area (TPSA) is 52.6 Å². The lowest BCUT2D eigenvalue weighted by molar-refractivity contribution is -0.104. The Balaban J connectivity index is 2.08. The van der Waals surface area contributed by atoms with Gasteiger partial charge in [-0.3, -0.25) is 10.2 Å². The highest BCUT2D eigenvalue weighted by atomic mass is 79.9. The van der Waals surface area contributed by atoms with Crippen LogP contribution in [-0.2, 0) is 5.72 Å². The van der Waals surface area contributed by atoms with Crippen molar-refractivity contribution >= 4 is 21.8 Å². The zero-order valence-corrected chi connectivity index (χ0v) is 15.1. The number of halogens is 4. The molecule has 8 heteroatoms. The highest BCUT2D eigenvalue weighted by Gasteiger charge is 2.50. The largest absolute Gasteiger partial charge is 0.432 e. The minimum Gasteiger partial charge on any atom is -0.362 e. The summed E-state index contributed by atoms with van der Waals surface area (Å²) >= 11 is 3.23. The smallest absolute Gasteiger partial charge is 0.362 e. The van der Waals surface area contributed by atoms with Crippen molar-refractivity contribution in [3.8, 4) is 0 Å². The summed E-state index contributed by atoms with van der Waals surface area (Å²) in [5, 5.41) is 11.6. The molecule has 0 radical (unpaired) electrons. The number of hydrogen-bond acceptors (Lipinski definition) is 3. The van der Waals surface area contributed by atoms with Gasteiger partial charge in [0.05, 0.1) is 0 Å². The summed E-state index contributed by atoms with van der Waals surface area (Å²) < 4.78 is 40.3. The van der Waals surface area contributed by atoms with Gasteiger partial charge in [-0.25, -0.2) is 5.01 Å². The predicted molar refractivity (Wildman–Crippen MR) is 92.7 cm³/mol. The van der Waals surface area contributed by atoms with Gasteiger partial charge in [0.1, 0.15) is 5.70 Å². The maximum absolute atomic E-state index is 13.2. The summed E-state index contributed by atoms with van der Waals surface area (Å²) in [5.41, 5.74) is -0.434. The fourth-order valence-electron chi connectivity index (χ4n) is 2.67. The van der Waals surface area contributed by atoms with Crippen molar-refractivity contribution < 1.29 is 23.1 Å². The summed E-state index contributed by atoms with van der Waals surface area (Å²) in [4.78, 5) is 12.8. The van der Waals surface area contributed by atoms with E-state index >= 15 is 0 Å². The van der Waals surface area contributed by atoms with Gasteiger partial charge in [0.15, 0.2) is 0 Å². The molecule has 0 fully saturated rings. The Hall–Kier alpha value is -2.32. The van der Waals surface area contributed by atoms with Crippen LogP contribution in [0.5, 0.6) is 0 Å². The molecule has 0 bridgehead atoms. The van der Waals surface area contributed by atoms with Crippen LogP contribution < -0.4 is 5.43 Å². The van der Waals surface area contributed by atoms with Gasteiger partial charge in [0.2, 0.25) is 5.72 Å². The first kappa shape index (κ1) is 18.5. The van der Waals surface area contributed by atoms with Crippen LogP contribution in [0.4, 0.5) is 13.2 Å². The highest BCUT2D eigenvalue weighted by molar-refractivity contribution is 9.10. The first-order valence-electron chi connectivity index (χ1n) is 7.57. The first-order valence-corrected chi connectivity index (χ1v) is 8.37. The molecule has 1 aliphatic rings. The monoisotopic (exact) mass is 426 g/mol. The van der Waals surface area contributed by atoms with Crippen LogP contribution >= 0.6 is 15.9 Å². The number of hydrogen-bond donors (Lipinski definition) is 2. The third-order valence-electron chi connectivity index (χ3n) is 3.96. The number of aryl methyl sites for hydroxylation is 1. The number of nitrogens with zero attached hydrogens (tertiary/aromatic N) is 1. The van der Waals surface area contributed by atoms with Gasteiger partial charge < -0.3 is 5.11 Å². The van der Waals surface area contributed by atoms with E-state index in [2.05, 4.69) is 15.9 Å². The van der Waals surface area contributed by atoms with Crippen molar-refractivity contribution in [2.24, 2.45) is 0 Å². The third-order valence-corrected chi connectivity index (χ3v) is 4.49. The molecule has 1 atom stereocenters. The molecular formula is C18H14BrF3N2O2. The van der Waals surface area contributed by atoms with E-state index < -0.39 is 23.5 Å². The van der Waals surface area contributed by atoms with E-state index in [0.717, 1.165) is 5.56 Å². The molecule has 0 aliphatic carbocycles. The van der Waals surface area contributed by atoms with Crippen molar-refractivity contribution in [1.82, 2.24) is 10.4 Å². The van der Waals surface area contributed by atoms with Crippen LogP contribution in [-0.4, -0.2) is 22.2 Å². The molecule has 2 aromatic rings. The Labute approximate surface area is 156 Å². The normalized spacial score (nSPS) is 19.9. The lowest BCUT2D eigenvalue weighted by atomic mass is 10.0. The quantitative estimate of drug-likeness (QED) is 0.762. The molecule has 0 saturated carbocycles. The molecule has 136 valence electrons. The number of hydrazine groups is 1. The maximum atomic E-state index is 13.2. The molecule has 1 amide bonds. The molecule has 0 saturated heterocycles. The lowest BCUT2D eigenvalue weighted by Crippen LogP contribution is -2.51. The summed E-state index contributed by atoms with van der Waals surface area (Å²) in [7, 11) is 0. The van der Waals surface area contributed by atoms with Gasteiger partial charge in [-0.15, -0.1) is 0 Å². The van der Waals surface area contributed by atoms with Crippen LogP contribution in [0.3, 0.4) is 0 Å². The molecule has 1 unspecified atom stereocenters. The molecule has 2 N–H and O–H groups in total. The van der Waals surface area contributed by atoms with Crippen LogP contribution in [0, 0.1) is 6.92 Å². The molecule has 1 aliphatic heterocycles. The zero-order chi connectivity index (χ0) is 19.1. The molecule has 26 heavy (non-hydrogen) atoms. The molecule has 0 spiro atoms. The Kier molecular flexibility index (Phi) is 4.58. The maximum Gasteiger partial charge on any atom is 0.432 e. The van der Waals surface area contributed by atoms with Crippen LogP contribution in [0.2, 0.25) is 0 Å². The molecule has 0 aromatic heterocycles. The Morgan fingerprint density at radius 2 is 1.85 bits per heavy atom. The second kappa shape index (κ2) is 6.44. The number of carbonyl (C=O) groups is 1. The van der Waals surface area contributed by atoms with Crippen molar-refractivity contribution in [2.45, 2.75) is 18.8 Å². The second-order valence-corrected chi connectivity index (χ2v) is 6.83. The third kappa shape index (κ3) is 3.34. The number of amides is 1. The van der Waals surface area contributed by atoms with Crippen molar-refractivity contribution in [1.29, 1.82) is 0 Å². The second-order valence-electron chi connectivity index (χ2n) is 5.91. The first-order chi connectivity index (χ1) is 12.1. The van der Waals surface area contributed by atoms with Crippen molar-refractivity contribution in [3.05, 3.63) is 81.5 Å². The summed E-state index contributed by atoms with van der Waals surface area (Å²) in [6.07, 6.45) is -4.14. The van der Waals surface area contributed by atoms with E-state index in [4.69, 9.17) is 0 Å². The van der Waals surface area contributed by atoms with Crippen molar-refractivity contribution in [3.63, 3.8) is 0 Å². The lowest BCUT2D eigenvalue weighted by Gasteiger charge is -2.33. The standard InChI is InChI=1S/C18H14BrF3N2O2/c1-11-3-2-4-12(9-11)16(25)24-17(26,10-15(23-24)18(20,21)22)13-5-7-14(19)8-6-13/h2-10,23,26H,1H3. The number of alkyl halides is 3. The zero-order valence-electron chi connectivity index (χ0n) is 13.5. The fourth-order valence-corrected chi connectivity index (χ4v) is 2.93. The van der Waals surface area contributed by atoms with Gasteiger partial charge >= 0.3 is 6.18 Å². The summed E-state index contributed by atoms with van der Waals surface area (Å²) in [6.45, 7) is 1.76. The van der Waals surface area contributed by atoms with Crippen LogP contribution in [0.1, 0.15) is 21.5 Å². The molecule has 4 nitrogen and oxygen atoms in total. The highest BCUT2D eigenvalue weighted by Crippen LogP contribution is 2.38. The number of benzene rings is 2. The molecule has 2 aromatic carbocycles. The van der Waals surface area contributed by atoms with Gasteiger partial charge in [-0.1, -0.05) is 45.8 Å². The Morgan fingerprint density at radius 1 is 1.19 bits per heavy atom. The SMILES string of the molecule is Cc1cccc(C(=O)N2NC(C(F)(F)F)=CC2(O)c2ccc(Br)cc2)c1. The Bertz CT molecular complexity index is 881. The summed E-state index contributed by atoms with van der Waals surface area (Å²) in [6, 6.07) is 12.4. The Morgan fingerprint density at radius 3 is 2.42 bits per heavy atom. The minimum atomic E-state index is -4.75. The van der Waals surface area contributed by atoms with Crippen LogP contribution in [0.15, 0.2) is 64.8 Å². The molecular weight excluding hydrogens is 413 g/mol. The van der Waals surface area contributed by atoms with Crippen molar-refractivity contribution in [2.75, 3.05) is 0 Å². The van der Waals surface area contributed by atoms with Gasteiger partial charge in [-0.05, 0) is 31.2 Å². The van der Waals surface area contributed by atoms with Gasteiger partial charge in [-0.2, -0.15) is 13.2 Å². The molecule has 1 heterocycles. The van der Waals surface area contributed by atoms with E-state index in [1.807, 2.05) is 5.43 Å². The minimum absolute atomic E-state index is 0.119. The van der Waals surface area contributed by atoms with E-state index in [1.165, 1.54) is 24.3 Å².